The van der Waals surface area contributed by atoms with Crippen LogP contribution in [-0.4, -0.2) is 93.8 Å². The molecule has 3 N–H and O–H groups in total. The Labute approximate surface area is 436 Å². The van der Waals surface area contributed by atoms with E-state index in [4.69, 9.17) is 38.9 Å². The molecule has 0 amide bonds. The van der Waals surface area contributed by atoms with Gasteiger partial charge in [-0.15, -0.1) is 0 Å². The summed E-state index contributed by atoms with van der Waals surface area (Å²) in [7, 11) is 0. The Morgan fingerprint density at radius 1 is 0.577 bits per heavy atom. The molecule has 18 heteroatoms. The molecule has 3 fully saturated rings. The molecule has 18 nitrogen and oxygen atoms in total. The maximum atomic E-state index is 8.50. The highest BCUT2D eigenvalue weighted by Crippen LogP contribution is 2.40. The van der Waals surface area contributed by atoms with Crippen molar-refractivity contribution in [3.63, 3.8) is 0 Å². The summed E-state index contributed by atoms with van der Waals surface area (Å²) in [4.78, 5) is 44.9. The van der Waals surface area contributed by atoms with E-state index >= 15 is 0 Å². The van der Waals surface area contributed by atoms with Crippen LogP contribution in [0.1, 0.15) is 119 Å². The zero-order valence-electron chi connectivity index (χ0n) is 52.8. The van der Waals surface area contributed by atoms with Gasteiger partial charge in [0, 0.05) is 93.5 Å². The lowest BCUT2D eigenvalue weighted by molar-refractivity contribution is 0.322. The summed E-state index contributed by atoms with van der Waals surface area (Å²) in [5, 5.41) is 15.5. The Bertz CT molecular complexity index is 3970. The molecule has 4 unspecified atom stereocenters. The highest BCUT2D eigenvalue weighted by atomic mass is 15.3. The van der Waals surface area contributed by atoms with Crippen LogP contribution in [-0.2, 0) is 0 Å². The molecule has 0 aliphatic heterocycles. The van der Waals surface area contributed by atoms with Crippen molar-refractivity contribution in [1.29, 1.82) is 0 Å². The van der Waals surface area contributed by atoms with E-state index in [-0.39, 0.29) is 55.1 Å². The molecule has 9 aromatic heterocycles. The van der Waals surface area contributed by atoms with Crippen LogP contribution < -0.4 is 0 Å². The van der Waals surface area contributed by atoms with Gasteiger partial charge in [-0.25, -0.2) is 49.6 Å². The van der Waals surface area contributed by atoms with E-state index in [1.807, 2.05) is 24.5 Å². The third kappa shape index (κ3) is 10.0. The second-order valence-electron chi connectivity index (χ2n) is 17.3. The van der Waals surface area contributed by atoms with Crippen molar-refractivity contribution < 1.29 is 23.5 Å². The first-order valence-corrected chi connectivity index (χ1v) is 23.0. The Kier molecular flexibility index (Phi) is 9.82. The van der Waals surface area contributed by atoms with Crippen molar-refractivity contribution in [1.82, 2.24) is 74.2 Å². The number of hydrogen-bond acceptors (Lipinski definition) is 9. The van der Waals surface area contributed by atoms with Crippen molar-refractivity contribution in [2.24, 2.45) is 29.5 Å². The maximum Gasteiger partial charge on any atom is 0.237 e. The van der Waals surface area contributed by atoms with E-state index in [9.17, 15) is 0 Å². The Morgan fingerprint density at radius 3 is 1.38 bits per heavy atom. The number of aromatic nitrogens is 15. The topological polar surface area (TPSA) is 191 Å². The highest BCUT2D eigenvalue weighted by molar-refractivity contribution is 5.91. The predicted molar refractivity (Wildman–Crippen MR) is 278 cm³/mol. The number of nitrogens with one attached hydrogen (secondary N) is 3. The molecular formula is C53H64N18. The van der Waals surface area contributed by atoms with Gasteiger partial charge in [0.25, 0.3) is 0 Å². The van der Waals surface area contributed by atoms with Crippen LogP contribution in [0.5, 0.6) is 0 Å². The predicted octanol–water partition coefficient (Wildman–Crippen LogP) is 11.6. The summed E-state index contributed by atoms with van der Waals surface area (Å²) in [6.45, 7) is 24.5. The number of rotatable bonds is 12. The first-order chi connectivity index (χ1) is 40.0. The van der Waals surface area contributed by atoms with Crippen molar-refractivity contribution in [2.75, 3.05) is 19.6 Å². The maximum absolute atomic E-state index is 8.50. The largest absolute Gasteiger partial charge is 0.346 e. The zero-order valence-corrected chi connectivity index (χ0v) is 38.8. The minimum absolute atomic E-state index is 0. The van der Waals surface area contributed by atoms with E-state index in [0.717, 1.165) is 45.6 Å². The smallest absolute Gasteiger partial charge is 0.237 e. The van der Waals surface area contributed by atoms with Crippen LogP contribution in [0.15, 0.2) is 93.0 Å². The molecule has 9 aromatic rings. The van der Waals surface area contributed by atoms with Gasteiger partial charge in [0.2, 0.25) is 19.6 Å². The molecule has 71 heavy (non-hydrogen) atoms. The minimum atomic E-state index is -2.78. The second-order valence-corrected chi connectivity index (χ2v) is 17.3. The van der Waals surface area contributed by atoms with Gasteiger partial charge in [-0.3, -0.25) is 14.0 Å². The van der Waals surface area contributed by atoms with Crippen LogP contribution in [0, 0.1) is 49.3 Å². The fourth-order valence-corrected chi connectivity index (χ4v) is 9.24. The molecule has 0 spiro atoms. The third-order valence-corrected chi connectivity index (χ3v) is 12.7. The molecule has 12 rings (SSSR count). The first-order valence-electron chi connectivity index (χ1n) is 30.0. The first kappa shape index (κ1) is 32.7. The van der Waals surface area contributed by atoms with Crippen LogP contribution in [0.2, 0.25) is 0 Å². The molecule has 9 heterocycles. The van der Waals surface area contributed by atoms with Crippen molar-refractivity contribution in [3.05, 3.63) is 127 Å². The van der Waals surface area contributed by atoms with Crippen molar-refractivity contribution >= 4 is 33.1 Å². The molecule has 0 saturated heterocycles. The van der Waals surface area contributed by atoms with Gasteiger partial charge in [0.1, 0.15) is 54.0 Å². The molecule has 7 atom stereocenters. The number of aromatic amines is 3. The minimum Gasteiger partial charge on any atom is -0.346 e. The van der Waals surface area contributed by atoms with Crippen LogP contribution in [0.25, 0.3) is 81.4 Å². The van der Waals surface area contributed by atoms with Crippen molar-refractivity contribution in [2.45, 2.75) is 95.9 Å². The lowest BCUT2D eigenvalue weighted by atomic mass is 9.97. The number of fused-ring (bicyclic) bond motifs is 3. The van der Waals surface area contributed by atoms with E-state index in [2.05, 4.69) is 74.7 Å². The SMILES string of the molecule is [2H]C1([2H])C([C@@H](C[N+]#[C-])n2cc(-c3ncnc4[nH]ccc34)cn2)C([2H])([2H])C([2H])(C)C1([2H])[2H].[2H]C1([2H])CC([C@@H](C[N+]#[C-])n2cc(-c3ncnc4[nH]ccc34)cn2)CC1([2H])C.[2H]C1([2H])CCC([2H])([2H])C1[C@@H](C[N+]#[C-])n1cc(-c2ncnc3[nH]ccc23)cn1.[HH].[HH].[HH]. The summed E-state index contributed by atoms with van der Waals surface area (Å²) in [6.07, 6.45) is 7.54. The average molecular weight is 967 g/mol. The molecule has 3 aliphatic rings. The molecule has 0 radical (unpaired) electrons. The molecule has 366 valence electrons. The van der Waals surface area contributed by atoms with E-state index in [1.165, 1.54) is 34.5 Å². The second kappa shape index (κ2) is 21.3. The van der Waals surface area contributed by atoms with Gasteiger partial charge in [0.05, 0.1) is 35.7 Å². The van der Waals surface area contributed by atoms with Gasteiger partial charge < -0.3 is 29.5 Å². The summed E-state index contributed by atoms with van der Waals surface area (Å²) in [6, 6.07) is 3.51. The average Bonchev–Trinajstić information content (AvgIpc) is 1.52. The van der Waals surface area contributed by atoms with Gasteiger partial charge in [-0.1, -0.05) is 39.4 Å². The quantitative estimate of drug-likeness (QED) is 0.1000. The monoisotopic (exact) mass is 967 g/mol. The third-order valence-electron chi connectivity index (χ3n) is 12.7. The van der Waals surface area contributed by atoms with Gasteiger partial charge in [-0.05, 0) is 86.1 Å². The summed E-state index contributed by atoms with van der Waals surface area (Å²) in [5.41, 5.74) is 6.20. The summed E-state index contributed by atoms with van der Waals surface area (Å²) < 4.78 is 121. The van der Waals surface area contributed by atoms with E-state index in [0.29, 0.717) is 34.7 Å². The van der Waals surface area contributed by atoms with Crippen LogP contribution in [0.4, 0.5) is 0 Å². The Morgan fingerprint density at radius 2 is 1.00 bits per heavy atom. The Balaban J connectivity index is 0.000000186. The fraction of sp³-hybridized carbons (Fsp3) is 0.434. The lowest BCUT2D eigenvalue weighted by Gasteiger charge is -2.19. The van der Waals surface area contributed by atoms with Crippen LogP contribution >= 0.6 is 0 Å². The van der Waals surface area contributed by atoms with E-state index < -0.39 is 73.9 Å². The molecule has 0 aromatic carbocycles. The van der Waals surface area contributed by atoms with Crippen molar-refractivity contribution in [3.8, 4) is 33.8 Å². The Hall–Kier alpha value is -8.04. The molecule has 3 aliphatic carbocycles. The molecule has 3 saturated carbocycles. The highest BCUT2D eigenvalue weighted by Gasteiger charge is 2.34. The summed E-state index contributed by atoms with van der Waals surface area (Å²) in [5.74, 6) is -6.18. The fourth-order valence-electron chi connectivity index (χ4n) is 9.24. The number of H-pyrrole nitrogens is 3. The lowest BCUT2D eigenvalue weighted by Crippen LogP contribution is -2.20. The molecular weight excluding hydrogens is 889 g/mol. The van der Waals surface area contributed by atoms with E-state index in [1.54, 1.807) is 54.9 Å². The standard InChI is InChI=1S/2C18H20N6.C17H18N6.3H2/c2*1-12-3-4-13(7-12)16(9-19-2)24-10-14(8-23-24)17-15-5-6-20-18(15)22-11-21-17;1-18-9-15(12-4-2-3-5-12)23-10-13(8-22-23)16-14-6-7-19-17(14)21-11-20-16;;;/h2*5-6,8,10-13,16H,3-4,7,9H2,1H3,(H,20,21,22);6-8,10-12,15H,2-5,9H2,(H,19,20,21);3*1H/t2*12?,13?,16-;15-;;;/m111.../s1/i3D2,4D2,7D2,12D;3D2,12D;4D2,5D2;;;. The normalized spacial score (nSPS) is 29.4. The van der Waals surface area contributed by atoms with Gasteiger partial charge in [0.15, 0.2) is 0 Å². The number of nitrogens with zero attached hydrogens (tertiary/aromatic N) is 15. The van der Waals surface area contributed by atoms with Gasteiger partial charge >= 0.3 is 0 Å². The number of hydrogen-bond donors (Lipinski definition) is 3. The molecule has 0 bridgehead atoms. The van der Waals surface area contributed by atoms with Gasteiger partial charge in [-0.2, -0.15) is 15.3 Å². The zero-order chi connectivity index (χ0) is 61.3. The van der Waals surface area contributed by atoms with Crippen LogP contribution in [0.3, 0.4) is 0 Å². The summed E-state index contributed by atoms with van der Waals surface area (Å²) >= 11 is 0.